The zero-order valence-electron chi connectivity index (χ0n) is 27.9. The van der Waals surface area contributed by atoms with Crippen LogP contribution in [-0.2, 0) is 24.3 Å². The molecule has 1 aliphatic carbocycles. The molecule has 1 saturated carbocycles. The van der Waals surface area contributed by atoms with Crippen molar-refractivity contribution in [2.45, 2.75) is 127 Å². The van der Waals surface area contributed by atoms with Crippen LogP contribution in [0.2, 0.25) is 5.02 Å². The van der Waals surface area contributed by atoms with Crippen molar-refractivity contribution in [2.24, 2.45) is 17.6 Å². The molecule has 2 amide bonds. The number of fused-ring (bicyclic) bond motifs is 2. The summed E-state index contributed by atoms with van der Waals surface area (Å²) >= 11 is 6.28. The highest BCUT2D eigenvalue weighted by molar-refractivity contribution is 7.89. The van der Waals surface area contributed by atoms with Crippen LogP contribution in [0, 0.1) is 11.8 Å². The molecule has 0 radical (unpaired) electrons. The minimum atomic E-state index is -3.26. The first-order chi connectivity index (χ1) is 21.6. The summed E-state index contributed by atoms with van der Waals surface area (Å²) in [6.07, 6.45) is 7.46. The number of ether oxygens (including phenoxy) is 1. The van der Waals surface area contributed by atoms with Crippen molar-refractivity contribution >= 4 is 33.4 Å². The fourth-order valence-corrected chi connectivity index (χ4v) is 10.1. The third kappa shape index (κ3) is 8.63. The molecule has 1 aromatic carbocycles. The highest BCUT2D eigenvalue weighted by Crippen LogP contribution is 2.41. The summed E-state index contributed by atoms with van der Waals surface area (Å²) in [4.78, 5) is 27.8. The topological polar surface area (TPSA) is 143 Å². The van der Waals surface area contributed by atoms with E-state index in [1.165, 1.54) is 0 Å². The number of halogens is 1. The SMILES string of the molecule is CC1(C)CC([C@H](c2ccc(Cl)cc2)[C@H](NC(=O)C(C)(C)N)C(=O)N[C@H]2CCC[C@@H]2CC[C@H]2CN[C@@H]3CCCS(=O)(=O)N2C3)CCO1. The molecule has 8 atom stereocenters. The minimum Gasteiger partial charge on any atom is -0.376 e. The van der Waals surface area contributed by atoms with Crippen molar-refractivity contribution in [3.8, 4) is 0 Å². The molecule has 2 bridgehead atoms. The molecular formula is C34H54ClN5O5S. The Hall–Kier alpha value is -1.76. The van der Waals surface area contributed by atoms with Crippen molar-refractivity contribution in [1.29, 1.82) is 0 Å². The maximum atomic E-state index is 14.4. The van der Waals surface area contributed by atoms with Crippen molar-refractivity contribution < 1.29 is 22.7 Å². The Morgan fingerprint density at radius 2 is 1.87 bits per heavy atom. The van der Waals surface area contributed by atoms with Crippen LogP contribution in [-0.4, -0.2) is 85.3 Å². The molecule has 10 nitrogen and oxygen atoms in total. The first-order valence-electron chi connectivity index (χ1n) is 17.2. The zero-order chi connectivity index (χ0) is 33.3. The van der Waals surface area contributed by atoms with E-state index in [1.54, 1.807) is 18.2 Å². The molecule has 1 aromatic rings. The molecule has 0 spiro atoms. The Labute approximate surface area is 280 Å². The second-order valence-corrected chi connectivity index (χ2v) is 17.8. The van der Waals surface area contributed by atoms with E-state index >= 15 is 0 Å². The molecule has 3 heterocycles. The van der Waals surface area contributed by atoms with Crippen LogP contribution in [0.3, 0.4) is 0 Å². The van der Waals surface area contributed by atoms with Crippen molar-refractivity contribution in [3.05, 3.63) is 34.9 Å². The summed E-state index contributed by atoms with van der Waals surface area (Å²) in [5, 5.41) is 10.6. The standard InChI is InChI=1S/C34H54ClN5O5S/c1-33(2)19-24(16-17-45-33)29(23-10-13-25(35)14-11-23)30(39-32(42)34(3,4)36)31(41)38-28-9-5-7-22(28)12-15-27-20-37-26-8-6-18-46(43,44)40(27)21-26/h10-11,13-14,22,24,26-30,37H,5-9,12,15-21,36H2,1-4H3,(H,38,41)(H,39,42)/t22-,24?,26-,27+,28+,29+,30+/m1/s1. The molecule has 5 rings (SSSR count). The maximum Gasteiger partial charge on any atom is 0.243 e. The van der Waals surface area contributed by atoms with Crippen LogP contribution in [0.1, 0.15) is 97.0 Å². The summed E-state index contributed by atoms with van der Waals surface area (Å²) in [6.45, 7) is 9.21. The van der Waals surface area contributed by atoms with E-state index in [4.69, 9.17) is 22.1 Å². The molecular weight excluding hydrogens is 626 g/mol. The van der Waals surface area contributed by atoms with Crippen LogP contribution in [0.4, 0.5) is 0 Å². The van der Waals surface area contributed by atoms with E-state index in [2.05, 4.69) is 29.8 Å². The fourth-order valence-electron chi connectivity index (χ4n) is 8.15. The summed E-state index contributed by atoms with van der Waals surface area (Å²) in [5.41, 5.74) is 5.64. The summed E-state index contributed by atoms with van der Waals surface area (Å²) < 4.78 is 33.8. The lowest BCUT2D eigenvalue weighted by molar-refractivity contribution is -0.133. The third-order valence-corrected chi connectivity index (χ3v) is 12.8. The Bertz CT molecular complexity index is 1330. The van der Waals surface area contributed by atoms with Gasteiger partial charge in [0.05, 0.1) is 16.9 Å². The van der Waals surface area contributed by atoms with Gasteiger partial charge in [0, 0.05) is 48.8 Å². The van der Waals surface area contributed by atoms with Gasteiger partial charge < -0.3 is 26.4 Å². The Balaban J connectivity index is 1.35. The molecule has 5 N–H and O–H groups in total. The second kappa shape index (κ2) is 14.4. The molecule has 0 aromatic heterocycles. The van der Waals surface area contributed by atoms with E-state index in [0.717, 1.165) is 56.9 Å². The lowest BCUT2D eigenvalue weighted by Crippen LogP contribution is -2.60. The van der Waals surface area contributed by atoms with Crippen molar-refractivity contribution in [2.75, 3.05) is 25.4 Å². The molecule has 4 fully saturated rings. The van der Waals surface area contributed by atoms with E-state index in [9.17, 15) is 18.0 Å². The van der Waals surface area contributed by atoms with Gasteiger partial charge in [-0.15, -0.1) is 0 Å². The largest absolute Gasteiger partial charge is 0.376 e. The summed E-state index contributed by atoms with van der Waals surface area (Å²) in [6, 6.07) is 6.82. The van der Waals surface area contributed by atoms with Gasteiger partial charge in [-0.3, -0.25) is 9.59 Å². The minimum absolute atomic E-state index is 0.0557. The van der Waals surface area contributed by atoms with Gasteiger partial charge in [0.15, 0.2) is 0 Å². The number of hydrogen-bond donors (Lipinski definition) is 4. The number of carbonyl (C=O) groups is 2. The average Bonchev–Trinajstić information content (AvgIpc) is 3.37. The number of amides is 2. The van der Waals surface area contributed by atoms with Gasteiger partial charge in [0.25, 0.3) is 0 Å². The number of sulfonamides is 1. The van der Waals surface area contributed by atoms with Crippen molar-refractivity contribution in [1.82, 2.24) is 20.3 Å². The normalized spacial score (nSPS) is 32.1. The van der Waals surface area contributed by atoms with Crippen LogP contribution in [0.15, 0.2) is 24.3 Å². The average molecular weight is 680 g/mol. The maximum absolute atomic E-state index is 14.4. The number of benzene rings is 1. The monoisotopic (exact) mass is 679 g/mol. The Morgan fingerprint density at radius 1 is 1.13 bits per heavy atom. The molecule has 3 aliphatic heterocycles. The molecule has 258 valence electrons. The van der Waals surface area contributed by atoms with Gasteiger partial charge in [0.2, 0.25) is 21.8 Å². The molecule has 4 aliphatic rings. The number of nitrogens with zero attached hydrogens (tertiary/aromatic N) is 1. The summed E-state index contributed by atoms with van der Waals surface area (Å²) in [5.74, 6) is -0.399. The first-order valence-corrected chi connectivity index (χ1v) is 19.1. The van der Waals surface area contributed by atoms with E-state index in [1.807, 2.05) is 24.3 Å². The van der Waals surface area contributed by atoms with Gasteiger partial charge in [-0.05, 0) is 109 Å². The van der Waals surface area contributed by atoms with Gasteiger partial charge in [-0.25, -0.2) is 8.42 Å². The molecule has 12 heteroatoms. The fraction of sp³-hybridized carbons (Fsp3) is 0.765. The lowest BCUT2D eigenvalue weighted by Gasteiger charge is -2.42. The Kier molecular flexibility index (Phi) is 11.1. The zero-order valence-corrected chi connectivity index (χ0v) is 29.5. The lowest BCUT2D eigenvalue weighted by atomic mass is 9.72. The van der Waals surface area contributed by atoms with E-state index in [0.29, 0.717) is 31.1 Å². The number of piperazine rings is 1. The number of carbonyl (C=O) groups excluding carboxylic acids is 2. The predicted molar refractivity (Wildman–Crippen MR) is 181 cm³/mol. The van der Waals surface area contributed by atoms with Gasteiger partial charge in [-0.1, -0.05) is 30.2 Å². The van der Waals surface area contributed by atoms with Gasteiger partial charge in [0.1, 0.15) is 6.04 Å². The predicted octanol–water partition coefficient (Wildman–Crippen LogP) is 3.68. The first kappa shape index (κ1) is 35.5. The van der Waals surface area contributed by atoms with Crippen LogP contribution in [0.5, 0.6) is 0 Å². The molecule has 3 saturated heterocycles. The van der Waals surface area contributed by atoms with Gasteiger partial charge in [-0.2, -0.15) is 4.31 Å². The quantitative estimate of drug-likeness (QED) is 0.296. The molecule has 46 heavy (non-hydrogen) atoms. The Morgan fingerprint density at radius 3 is 2.57 bits per heavy atom. The number of nitrogens with one attached hydrogen (secondary N) is 3. The molecule has 2 unspecified atom stereocenters. The van der Waals surface area contributed by atoms with E-state index < -0.39 is 21.6 Å². The van der Waals surface area contributed by atoms with Gasteiger partial charge >= 0.3 is 0 Å². The number of rotatable bonds is 10. The smallest absolute Gasteiger partial charge is 0.243 e. The van der Waals surface area contributed by atoms with Crippen molar-refractivity contribution in [3.63, 3.8) is 0 Å². The second-order valence-electron chi connectivity index (χ2n) is 15.3. The number of nitrogens with two attached hydrogens (primary N) is 1. The van der Waals surface area contributed by atoms with Crippen LogP contribution < -0.4 is 21.7 Å². The highest BCUT2D eigenvalue weighted by atomic mass is 35.5. The number of hydrogen-bond acceptors (Lipinski definition) is 7. The van der Waals surface area contributed by atoms with Crippen LogP contribution in [0.25, 0.3) is 0 Å². The third-order valence-electron chi connectivity index (χ3n) is 10.6. The highest BCUT2D eigenvalue weighted by Gasteiger charge is 2.44. The van der Waals surface area contributed by atoms with Crippen LogP contribution >= 0.6 is 11.6 Å². The summed E-state index contributed by atoms with van der Waals surface area (Å²) in [7, 11) is -3.26. The van der Waals surface area contributed by atoms with E-state index in [-0.39, 0.29) is 59.0 Å².